The van der Waals surface area contributed by atoms with Crippen LogP contribution in [0.3, 0.4) is 0 Å². The third-order valence-electron chi connectivity index (χ3n) is 12.2. The summed E-state index contributed by atoms with van der Waals surface area (Å²) >= 11 is 0. The molecule has 68 heavy (non-hydrogen) atoms. The highest BCUT2D eigenvalue weighted by Crippen LogP contribution is 2.36. The molecule has 1 saturated heterocycles. The molecule has 4 aromatic carbocycles. The summed E-state index contributed by atoms with van der Waals surface area (Å²) in [6.07, 6.45) is 4.60. The molecule has 2 aliphatic heterocycles. The number of fused-ring (bicyclic) bond motifs is 3. The van der Waals surface area contributed by atoms with Gasteiger partial charge in [0.25, 0.3) is 0 Å². The zero-order valence-corrected chi connectivity index (χ0v) is 38.3. The van der Waals surface area contributed by atoms with Crippen LogP contribution < -0.4 is 32.3 Å². The SMILES string of the molecule is NCCOCCNC(=O)[C@@H]1CCN/C(O)=C\C=C(/O)N2CCC[C@](Cc3ccccc3)(C2)C(=O)N[C@@H](Cc2ccc(-c3ccc(CCC(=O)O)cc3)cc2)C(=O)NCc2ccccc2CC(=O)N1. The van der Waals surface area contributed by atoms with Gasteiger partial charge in [-0.15, -0.1) is 0 Å². The Morgan fingerprint density at radius 1 is 0.809 bits per heavy atom. The quantitative estimate of drug-likeness (QED) is 0.0817. The molecule has 2 heterocycles. The van der Waals surface area contributed by atoms with E-state index < -0.39 is 41.2 Å². The largest absolute Gasteiger partial charge is 0.495 e. The lowest BCUT2D eigenvalue weighted by atomic mass is 9.74. The van der Waals surface area contributed by atoms with Crippen LogP contribution in [0.4, 0.5) is 0 Å². The predicted octanol–water partition coefficient (Wildman–Crippen LogP) is 3.95. The molecule has 1 fully saturated rings. The topological polar surface area (TPSA) is 245 Å². The summed E-state index contributed by atoms with van der Waals surface area (Å²) in [4.78, 5) is 69.2. The monoisotopic (exact) mass is 929 g/mol. The van der Waals surface area contributed by atoms with E-state index in [2.05, 4.69) is 26.6 Å². The molecule has 16 nitrogen and oxygen atoms in total. The number of aliphatic hydroxyl groups excluding tert-OH is 2. The molecule has 2 aliphatic rings. The number of hydrogen-bond donors (Lipinski definition) is 9. The second-order valence-electron chi connectivity index (χ2n) is 17.3. The molecule has 0 unspecified atom stereocenters. The van der Waals surface area contributed by atoms with E-state index in [1.165, 1.54) is 12.2 Å². The molecule has 4 aromatic rings. The number of hydrogen-bond acceptors (Lipinski definition) is 11. The van der Waals surface area contributed by atoms with Gasteiger partial charge >= 0.3 is 5.97 Å². The van der Waals surface area contributed by atoms with E-state index in [-0.39, 0.29) is 76.1 Å². The Morgan fingerprint density at radius 2 is 1.50 bits per heavy atom. The Bertz CT molecular complexity index is 2390. The normalized spacial score (nSPS) is 21.3. The third-order valence-corrected chi connectivity index (χ3v) is 12.2. The first-order chi connectivity index (χ1) is 32.9. The Morgan fingerprint density at radius 3 is 2.21 bits per heavy atom. The van der Waals surface area contributed by atoms with Gasteiger partial charge in [0.15, 0.2) is 11.8 Å². The van der Waals surface area contributed by atoms with Crippen molar-refractivity contribution in [2.45, 2.75) is 70.0 Å². The Balaban J connectivity index is 1.30. The number of amides is 4. The summed E-state index contributed by atoms with van der Waals surface area (Å²) in [6.45, 7) is 1.78. The van der Waals surface area contributed by atoms with E-state index in [9.17, 15) is 34.2 Å². The second-order valence-corrected chi connectivity index (χ2v) is 17.3. The van der Waals surface area contributed by atoms with Crippen LogP contribution in [0.5, 0.6) is 0 Å². The first kappa shape index (κ1) is 50.2. The van der Waals surface area contributed by atoms with E-state index in [0.29, 0.717) is 56.5 Å². The first-order valence-electron chi connectivity index (χ1n) is 23.1. The highest BCUT2D eigenvalue weighted by Gasteiger charge is 2.44. The van der Waals surface area contributed by atoms with Crippen LogP contribution in [0.1, 0.15) is 53.5 Å². The average molecular weight is 930 g/mol. The van der Waals surface area contributed by atoms with Gasteiger partial charge in [0.1, 0.15) is 12.1 Å². The second kappa shape index (κ2) is 25.1. The molecule has 3 atom stereocenters. The fraction of sp³-hybridized carbons (Fsp3) is 0.365. The molecule has 6 rings (SSSR count). The van der Waals surface area contributed by atoms with Gasteiger partial charge in [0.2, 0.25) is 23.6 Å². The maximum Gasteiger partial charge on any atom is 0.303 e. The van der Waals surface area contributed by atoms with Crippen LogP contribution in [-0.4, -0.2) is 108 Å². The summed E-state index contributed by atoms with van der Waals surface area (Å²) in [5.41, 5.74) is 10.2. The summed E-state index contributed by atoms with van der Waals surface area (Å²) in [5, 5.41) is 45.9. The number of piperidine rings is 1. The number of nitrogens with one attached hydrogen (secondary N) is 5. The molecule has 0 radical (unpaired) electrons. The van der Waals surface area contributed by atoms with Crippen LogP contribution in [0.25, 0.3) is 11.1 Å². The number of aliphatic hydroxyl groups is 2. The Kier molecular flexibility index (Phi) is 18.5. The molecule has 2 bridgehead atoms. The van der Waals surface area contributed by atoms with Gasteiger partial charge in [0, 0.05) is 64.3 Å². The minimum Gasteiger partial charge on any atom is -0.495 e. The zero-order chi connectivity index (χ0) is 48.3. The number of aliphatic carboxylic acids is 1. The number of aryl methyl sites for hydroxylation is 1. The van der Waals surface area contributed by atoms with E-state index in [0.717, 1.165) is 27.8 Å². The molecule has 0 saturated carbocycles. The number of carboxylic acids is 1. The molecule has 0 aliphatic carbocycles. The van der Waals surface area contributed by atoms with Crippen molar-refractivity contribution < 1.29 is 44.0 Å². The van der Waals surface area contributed by atoms with E-state index in [1.54, 1.807) is 23.1 Å². The van der Waals surface area contributed by atoms with Gasteiger partial charge in [-0.3, -0.25) is 24.0 Å². The lowest BCUT2D eigenvalue weighted by Crippen LogP contribution is -2.57. The smallest absolute Gasteiger partial charge is 0.303 e. The Hall–Kier alpha value is -7.17. The standard InChI is InChI=1S/C52H63N7O9/c53-25-29-68-30-27-55-49(65)43-23-26-54-45(60)20-21-47(62)59-28-6-24-52(35-59,33-38-7-2-1-3-8-38)51(67)58-44(50(66)56-34-42-10-5-4-9-41(42)32-46(61)57-43)31-37-13-18-40(19-14-37)39-16-11-36(12-17-39)15-22-48(63)64/h1-5,7-14,16-21,43-44,54,60,62H,6,15,22-35,53H2,(H,55,65)(H,56,66)(H,57,61)(H,58,67)(H,63,64)/b45-20+,47-21-/t43-,44-,52-/m0/s1. The average Bonchev–Trinajstić information content (AvgIpc) is 3.34. The number of allylic oxidation sites excluding steroid dienone is 2. The minimum atomic E-state index is -1.08. The van der Waals surface area contributed by atoms with Gasteiger partial charge in [-0.05, 0) is 71.0 Å². The van der Waals surface area contributed by atoms with Crippen molar-refractivity contribution in [1.82, 2.24) is 31.5 Å². The van der Waals surface area contributed by atoms with Crippen LogP contribution in [0.2, 0.25) is 0 Å². The fourth-order valence-corrected chi connectivity index (χ4v) is 8.54. The van der Waals surface area contributed by atoms with Crippen molar-refractivity contribution in [2.75, 3.05) is 45.9 Å². The van der Waals surface area contributed by atoms with Crippen molar-refractivity contribution in [1.29, 1.82) is 0 Å². The van der Waals surface area contributed by atoms with Gasteiger partial charge in [-0.2, -0.15) is 0 Å². The van der Waals surface area contributed by atoms with Gasteiger partial charge < -0.3 is 57.3 Å². The summed E-state index contributed by atoms with van der Waals surface area (Å²) in [6, 6.07) is 30.2. The number of rotatable bonds is 14. The number of nitrogens with two attached hydrogens (primary N) is 1. The maximum atomic E-state index is 15.0. The molecule has 16 heteroatoms. The van der Waals surface area contributed by atoms with E-state index >= 15 is 0 Å². The van der Waals surface area contributed by atoms with Crippen LogP contribution in [0, 0.1) is 5.41 Å². The highest BCUT2D eigenvalue weighted by molar-refractivity contribution is 5.91. The summed E-state index contributed by atoms with van der Waals surface area (Å²) in [7, 11) is 0. The third kappa shape index (κ3) is 14.9. The summed E-state index contributed by atoms with van der Waals surface area (Å²) in [5.74, 6) is -2.98. The van der Waals surface area contributed by atoms with Crippen molar-refractivity contribution in [3.63, 3.8) is 0 Å². The number of carbonyl (C=O) groups is 5. The van der Waals surface area contributed by atoms with Crippen molar-refractivity contribution in [3.05, 3.63) is 155 Å². The number of benzene rings is 4. The van der Waals surface area contributed by atoms with E-state index in [4.69, 9.17) is 15.6 Å². The van der Waals surface area contributed by atoms with Gasteiger partial charge in [-0.1, -0.05) is 103 Å². The van der Waals surface area contributed by atoms with Crippen molar-refractivity contribution >= 4 is 29.6 Å². The molecule has 360 valence electrons. The lowest BCUT2D eigenvalue weighted by Gasteiger charge is -2.43. The van der Waals surface area contributed by atoms with E-state index in [1.807, 2.05) is 84.9 Å². The van der Waals surface area contributed by atoms with Crippen molar-refractivity contribution in [2.24, 2.45) is 11.1 Å². The highest BCUT2D eigenvalue weighted by atomic mass is 16.5. The van der Waals surface area contributed by atoms with Crippen LogP contribution in [0.15, 0.2) is 127 Å². The number of carbonyl (C=O) groups excluding carboxylic acids is 4. The molecular weight excluding hydrogens is 867 g/mol. The minimum absolute atomic E-state index is 0.0416. The van der Waals surface area contributed by atoms with Gasteiger partial charge in [-0.25, -0.2) is 0 Å². The number of ether oxygens (including phenoxy) is 1. The fourth-order valence-electron chi connectivity index (χ4n) is 8.54. The molecule has 10 N–H and O–H groups in total. The summed E-state index contributed by atoms with van der Waals surface area (Å²) < 4.78 is 5.38. The maximum absolute atomic E-state index is 15.0. The van der Waals surface area contributed by atoms with Crippen LogP contribution in [-0.2, 0) is 60.9 Å². The molecule has 4 amide bonds. The first-order valence-corrected chi connectivity index (χ1v) is 23.1. The number of carboxylic acid groups (broad SMARTS) is 1. The zero-order valence-electron chi connectivity index (χ0n) is 38.3. The number of nitrogens with zero attached hydrogens (tertiary/aromatic N) is 1. The van der Waals surface area contributed by atoms with Crippen LogP contribution >= 0.6 is 0 Å². The molecular formula is C52H63N7O9. The lowest BCUT2D eigenvalue weighted by molar-refractivity contribution is -0.138. The Labute approximate surface area is 397 Å². The molecule has 0 aromatic heterocycles. The van der Waals surface area contributed by atoms with Crippen molar-refractivity contribution in [3.8, 4) is 11.1 Å². The molecule has 0 spiro atoms. The predicted molar refractivity (Wildman–Crippen MR) is 258 cm³/mol. The van der Waals surface area contributed by atoms with Gasteiger partial charge in [0.05, 0.1) is 25.0 Å².